The summed E-state index contributed by atoms with van der Waals surface area (Å²) in [5.74, 6) is 0.721. The van der Waals surface area contributed by atoms with Crippen LogP contribution in [0.1, 0.15) is 18.9 Å². The van der Waals surface area contributed by atoms with Crippen molar-refractivity contribution in [2.24, 2.45) is 0 Å². The smallest absolute Gasteiger partial charge is 0.157 e. The fraction of sp³-hybridized carbons (Fsp3) is 0.308. The van der Waals surface area contributed by atoms with Gasteiger partial charge >= 0.3 is 0 Å². The van der Waals surface area contributed by atoms with E-state index in [1.807, 2.05) is 12.1 Å². The number of rotatable bonds is 5. The average molecular weight is 267 g/mol. The topological polar surface area (TPSA) is 47.3 Å². The van der Waals surface area contributed by atoms with E-state index in [4.69, 9.17) is 21.4 Å². The lowest BCUT2D eigenvalue weighted by Crippen LogP contribution is -1.97. The molecule has 1 heterocycles. The molecule has 0 atom stereocenters. The Labute approximate surface area is 111 Å². The van der Waals surface area contributed by atoms with Crippen molar-refractivity contribution in [3.63, 3.8) is 0 Å². The first-order valence-corrected chi connectivity index (χ1v) is 6.19. The number of aliphatic hydroxyl groups is 1. The molecule has 0 spiro atoms. The van der Waals surface area contributed by atoms with Crippen LogP contribution in [0.3, 0.4) is 0 Å². The van der Waals surface area contributed by atoms with Gasteiger partial charge in [-0.05, 0) is 24.1 Å². The van der Waals surface area contributed by atoms with Crippen LogP contribution < -0.4 is 4.74 Å². The summed E-state index contributed by atoms with van der Waals surface area (Å²) in [7, 11) is 0. The molecule has 0 fully saturated rings. The van der Waals surface area contributed by atoms with E-state index < -0.39 is 0 Å². The van der Waals surface area contributed by atoms with Crippen LogP contribution in [0.25, 0.3) is 5.69 Å². The second-order valence-electron chi connectivity index (χ2n) is 3.91. The third-order valence-electron chi connectivity index (χ3n) is 2.47. The molecule has 96 valence electrons. The molecule has 2 aromatic rings. The monoisotopic (exact) mass is 266 g/mol. The van der Waals surface area contributed by atoms with Crippen LogP contribution in [0.5, 0.6) is 5.75 Å². The van der Waals surface area contributed by atoms with E-state index in [0.717, 1.165) is 23.4 Å². The molecule has 0 saturated carbocycles. The van der Waals surface area contributed by atoms with Gasteiger partial charge in [-0.2, -0.15) is 5.10 Å². The number of hydrogen-bond donors (Lipinski definition) is 1. The van der Waals surface area contributed by atoms with Gasteiger partial charge in [-0.1, -0.05) is 24.6 Å². The van der Waals surface area contributed by atoms with Crippen LogP contribution in [-0.4, -0.2) is 21.5 Å². The van der Waals surface area contributed by atoms with Crippen molar-refractivity contribution < 1.29 is 9.84 Å². The number of benzene rings is 1. The van der Waals surface area contributed by atoms with Gasteiger partial charge in [-0.3, -0.25) is 0 Å². The SMILES string of the molecule is CCCOc1cnn(-c2ccc(CO)cc2Cl)c1. The Hall–Kier alpha value is -1.52. The molecule has 0 aliphatic rings. The van der Waals surface area contributed by atoms with Crippen molar-refractivity contribution in [3.05, 3.63) is 41.2 Å². The zero-order chi connectivity index (χ0) is 13.0. The molecule has 0 amide bonds. The number of halogens is 1. The number of aromatic nitrogens is 2. The highest BCUT2D eigenvalue weighted by Gasteiger charge is 2.06. The molecule has 18 heavy (non-hydrogen) atoms. The molecule has 1 aromatic carbocycles. The highest BCUT2D eigenvalue weighted by Crippen LogP contribution is 2.23. The minimum Gasteiger partial charge on any atom is -0.490 e. The zero-order valence-corrected chi connectivity index (χ0v) is 10.9. The third kappa shape index (κ3) is 2.83. The van der Waals surface area contributed by atoms with Gasteiger partial charge < -0.3 is 9.84 Å². The maximum atomic E-state index is 9.02. The van der Waals surface area contributed by atoms with E-state index in [-0.39, 0.29) is 6.61 Å². The zero-order valence-electron chi connectivity index (χ0n) is 10.1. The molecule has 4 nitrogen and oxygen atoms in total. The van der Waals surface area contributed by atoms with E-state index in [1.54, 1.807) is 23.1 Å². The molecule has 0 aliphatic heterocycles. The Kier molecular flexibility index (Phi) is 4.23. The van der Waals surface area contributed by atoms with Crippen LogP contribution >= 0.6 is 11.6 Å². The van der Waals surface area contributed by atoms with Gasteiger partial charge in [0.15, 0.2) is 5.75 Å². The maximum Gasteiger partial charge on any atom is 0.157 e. The number of hydrogen-bond acceptors (Lipinski definition) is 3. The van der Waals surface area contributed by atoms with Crippen LogP contribution in [0.4, 0.5) is 0 Å². The first kappa shape index (κ1) is 12.9. The minimum absolute atomic E-state index is 0.0238. The van der Waals surface area contributed by atoms with Crippen molar-refractivity contribution in [1.29, 1.82) is 0 Å². The highest BCUT2D eigenvalue weighted by molar-refractivity contribution is 6.32. The molecule has 0 aliphatic carbocycles. The van der Waals surface area contributed by atoms with Gasteiger partial charge in [0.25, 0.3) is 0 Å². The second-order valence-corrected chi connectivity index (χ2v) is 4.32. The Bertz CT molecular complexity index is 525. The molecule has 1 N–H and O–H groups in total. The third-order valence-corrected chi connectivity index (χ3v) is 2.78. The Morgan fingerprint density at radius 3 is 2.94 bits per heavy atom. The summed E-state index contributed by atoms with van der Waals surface area (Å²) in [6, 6.07) is 5.37. The first-order chi connectivity index (χ1) is 8.74. The van der Waals surface area contributed by atoms with Crippen molar-refractivity contribution in [2.45, 2.75) is 20.0 Å². The quantitative estimate of drug-likeness (QED) is 0.905. The van der Waals surface area contributed by atoms with Crippen molar-refractivity contribution in [3.8, 4) is 11.4 Å². The predicted octanol–water partition coefficient (Wildman–Crippen LogP) is 2.81. The van der Waals surface area contributed by atoms with E-state index in [2.05, 4.69) is 12.0 Å². The Morgan fingerprint density at radius 2 is 2.28 bits per heavy atom. The minimum atomic E-state index is -0.0238. The Balaban J connectivity index is 2.23. The van der Waals surface area contributed by atoms with E-state index >= 15 is 0 Å². The molecule has 0 unspecified atom stereocenters. The second kappa shape index (κ2) is 5.89. The average Bonchev–Trinajstić information content (AvgIpc) is 2.84. The van der Waals surface area contributed by atoms with E-state index in [0.29, 0.717) is 11.6 Å². The van der Waals surface area contributed by atoms with Crippen molar-refractivity contribution >= 4 is 11.6 Å². The van der Waals surface area contributed by atoms with Crippen LogP contribution in [-0.2, 0) is 6.61 Å². The number of ether oxygens (including phenoxy) is 1. The molecule has 5 heteroatoms. The number of nitrogens with zero attached hydrogens (tertiary/aromatic N) is 2. The van der Waals surface area contributed by atoms with Crippen LogP contribution in [0, 0.1) is 0 Å². The van der Waals surface area contributed by atoms with Gasteiger partial charge in [-0.25, -0.2) is 4.68 Å². The van der Waals surface area contributed by atoms with Crippen LogP contribution in [0.15, 0.2) is 30.6 Å². The number of aliphatic hydroxyl groups excluding tert-OH is 1. The lowest BCUT2D eigenvalue weighted by molar-refractivity contribution is 0.282. The van der Waals surface area contributed by atoms with Gasteiger partial charge in [0, 0.05) is 0 Å². The molecule has 0 radical (unpaired) electrons. The summed E-state index contributed by atoms with van der Waals surface area (Å²) in [5, 5.41) is 13.8. The predicted molar refractivity (Wildman–Crippen MR) is 70.3 cm³/mol. The molecule has 0 saturated heterocycles. The summed E-state index contributed by atoms with van der Waals surface area (Å²) >= 11 is 6.14. The highest BCUT2D eigenvalue weighted by atomic mass is 35.5. The van der Waals surface area contributed by atoms with Crippen molar-refractivity contribution in [1.82, 2.24) is 9.78 Å². The molecular formula is C13H15ClN2O2. The maximum absolute atomic E-state index is 9.02. The van der Waals surface area contributed by atoms with E-state index in [9.17, 15) is 0 Å². The summed E-state index contributed by atoms with van der Waals surface area (Å²) in [6.45, 7) is 2.70. The normalized spacial score (nSPS) is 10.6. The van der Waals surface area contributed by atoms with Crippen LogP contribution in [0.2, 0.25) is 5.02 Å². The first-order valence-electron chi connectivity index (χ1n) is 5.81. The van der Waals surface area contributed by atoms with Gasteiger partial charge in [0.2, 0.25) is 0 Å². The summed E-state index contributed by atoms with van der Waals surface area (Å²) in [5.41, 5.74) is 1.54. The van der Waals surface area contributed by atoms with Gasteiger partial charge in [0.05, 0.1) is 36.3 Å². The van der Waals surface area contributed by atoms with Gasteiger partial charge in [0.1, 0.15) is 0 Å². The van der Waals surface area contributed by atoms with Crippen molar-refractivity contribution in [2.75, 3.05) is 6.61 Å². The molecule has 2 rings (SSSR count). The standard InChI is InChI=1S/C13H15ClN2O2/c1-2-5-18-11-7-15-16(8-11)13-4-3-10(9-17)6-12(13)14/h3-4,6-8,17H,2,5,9H2,1H3. The molecule has 1 aromatic heterocycles. The summed E-state index contributed by atoms with van der Waals surface area (Å²) in [6.07, 6.45) is 4.40. The molecule has 0 bridgehead atoms. The lowest BCUT2D eigenvalue weighted by atomic mass is 10.2. The fourth-order valence-electron chi connectivity index (χ4n) is 1.57. The summed E-state index contributed by atoms with van der Waals surface area (Å²) < 4.78 is 7.14. The summed E-state index contributed by atoms with van der Waals surface area (Å²) in [4.78, 5) is 0. The lowest BCUT2D eigenvalue weighted by Gasteiger charge is -2.05. The molecular weight excluding hydrogens is 252 g/mol. The fourth-order valence-corrected chi connectivity index (χ4v) is 1.86. The Morgan fingerprint density at radius 1 is 1.44 bits per heavy atom. The largest absolute Gasteiger partial charge is 0.490 e. The van der Waals surface area contributed by atoms with E-state index in [1.165, 1.54) is 0 Å². The van der Waals surface area contributed by atoms with Gasteiger partial charge in [-0.15, -0.1) is 0 Å².